The Bertz CT molecular complexity index is 1280. The van der Waals surface area contributed by atoms with Crippen molar-refractivity contribution in [3.05, 3.63) is 73.5 Å². The van der Waals surface area contributed by atoms with E-state index in [-0.39, 0.29) is 29.1 Å². The molecule has 2 aromatic heterocycles. The highest BCUT2D eigenvalue weighted by molar-refractivity contribution is 6.30. The molecule has 1 aliphatic rings. The summed E-state index contributed by atoms with van der Waals surface area (Å²) in [4.78, 5) is 55.7. The van der Waals surface area contributed by atoms with E-state index in [4.69, 9.17) is 16.3 Å². The largest absolute Gasteiger partial charge is 0.469 e. The van der Waals surface area contributed by atoms with Gasteiger partial charge in [0.15, 0.2) is 0 Å². The van der Waals surface area contributed by atoms with Crippen molar-refractivity contribution in [1.82, 2.24) is 19.9 Å². The van der Waals surface area contributed by atoms with Crippen LogP contribution in [0.25, 0.3) is 11.0 Å². The van der Waals surface area contributed by atoms with Crippen LogP contribution in [0.2, 0.25) is 5.02 Å². The lowest BCUT2D eigenvalue weighted by atomic mass is 10.0. The number of pyridine rings is 1. The van der Waals surface area contributed by atoms with Gasteiger partial charge in [0.25, 0.3) is 11.5 Å². The minimum absolute atomic E-state index is 0.00775. The van der Waals surface area contributed by atoms with Crippen LogP contribution in [-0.2, 0) is 9.53 Å². The summed E-state index contributed by atoms with van der Waals surface area (Å²) in [7, 11) is 1.27. The first-order chi connectivity index (χ1) is 14.9. The van der Waals surface area contributed by atoms with Crippen LogP contribution >= 0.6 is 11.6 Å². The Morgan fingerprint density at radius 1 is 1.29 bits per heavy atom. The Morgan fingerprint density at radius 2 is 2.00 bits per heavy atom. The van der Waals surface area contributed by atoms with Crippen molar-refractivity contribution in [2.75, 3.05) is 7.11 Å². The van der Waals surface area contributed by atoms with Gasteiger partial charge < -0.3 is 10.1 Å². The van der Waals surface area contributed by atoms with Crippen molar-refractivity contribution in [3.8, 4) is 0 Å². The standard InChI is InChI=1S/C21H19ClN4O5/c1-31-17(27)9-16(11-2-4-13(22)5-3-11)24-19(28)12-8-15-18(23-10-12)26(14-6-7-14)21(30)25-20(15)29/h2-5,8,10,14,16H,6-7,9H2,1H3,(H,24,28)(H,25,29,30). The number of halogens is 1. The molecule has 9 nitrogen and oxygen atoms in total. The predicted octanol–water partition coefficient (Wildman–Crippen LogP) is 2.11. The summed E-state index contributed by atoms with van der Waals surface area (Å²) < 4.78 is 6.18. The second-order valence-electron chi connectivity index (χ2n) is 7.31. The summed E-state index contributed by atoms with van der Waals surface area (Å²) in [5, 5.41) is 3.44. The van der Waals surface area contributed by atoms with Crippen LogP contribution in [0.5, 0.6) is 0 Å². The van der Waals surface area contributed by atoms with Crippen molar-refractivity contribution in [2.45, 2.75) is 31.3 Å². The maximum atomic E-state index is 12.9. The number of methoxy groups -OCH3 is 1. The highest BCUT2D eigenvalue weighted by Crippen LogP contribution is 2.34. The first-order valence-corrected chi connectivity index (χ1v) is 10.0. The van der Waals surface area contributed by atoms with Crippen molar-refractivity contribution in [2.24, 2.45) is 0 Å². The topological polar surface area (TPSA) is 123 Å². The molecular formula is C21H19ClN4O5. The third kappa shape index (κ3) is 4.36. The molecule has 1 fully saturated rings. The molecule has 0 radical (unpaired) electrons. The molecule has 1 unspecified atom stereocenters. The molecule has 2 heterocycles. The number of ether oxygens (including phenoxy) is 1. The molecule has 1 aliphatic carbocycles. The third-order valence-corrected chi connectivity index (χ3v) is 5.38. The molecule has 0 aliphatic heterocycles. The highest BCUT2D eigenvalue weighted by atomic mass is 35.5. The van der Waals surface area contributed by atoms with Crippen molar-refractivity contribution < 1.29 is 14.3 Å². The Labute approximate surface area is 181 Å². The van der Waals surface area contributed by atoms with Crippen LogP contribution in [0.3, 0.4) is 0 Å². The second kappa shape index (κ2) is 8.35. The van der Waals surface area contributed by atoms with Gasteiger partial charge in [0.2, 0.25) is 0 Å². The number of nitrogens with one attached hydrogen (secondary N) is 2. The molecule has 160 valence electrons. The second-order valence-corrected chi connectivity index (χ2v) is 7.75. The molecular weight excluding hydrogens is 424 g/mol. The number of fused-ring (bicyclic) bond motifs is 1. The number of carbonyl (C=O) groups is 2. The molecule has 3 aromatic rings. The van der Waals surface area contributed by atoms with Crippen LogP contribution in [0, 0.1) is 0 Å². The predicted molar refractivity (Wildman–Crippen MR) is 113 cm³/mol. The fraction of sp³-hybridized carbons (Fsp3) is 0.286. The van der Waals surface area contributed by atoms with Gasteiger partial charge in [-0.1, -0.05) is 23.7 Å². The van der Waals surface area contributed by atoms with Gasteiger partial charge in [-0.2, -0.15) is 0 Å². The zero-order chi connectivity index (χ0) is 22.1. The molecule has 0 bridgehead atoms. The number of benzene rings is 1. The summed E-state index contributed by atoms with van der Waals surface area (Å²) in [6, 6.07) is 7.44. The molecule has 31 heavy (non-hydrogen) atoms. The molecule has 1 aromatic carbocycles. The minimum atomic E-state index is -0.674. The van der Waals surface area contributed by atoms with E-state index < -0.39 is 29.2 Å². The first kappa shape index (κ1) is 20.8. The van der Waals surface area contributed by atoms with Gasteiger partial charge in [0, 0.05) is 17.3 Å². The molecule has 1 amide bonds. The van der Waals surface area contributed by atoms with E-state index in [1.807, 2.05) is 0 Å². The zero-order valence-corrected chi connectivity index (χ0v) is 17.3. The molecule has 1 atom stereocenters. The van der Waals surface area contributed by atoms with Crippen LogP contribution in [-0.4, -0.2) is 33.5 Å². The lowest BCUT2D eigenvalue weighted by molar-refractivity contribution is -0.141. The number of aromatic nitrogens is 3. The van der Waals surface area contributed by atoms with Gasteiger partial charge in [-0.05, 0) is 36.6 Å². The number of esters is 1. The Kier molecular flexibility index (Phi) is 5.60. The van der Waals surface area contributed by atoms with E-state index in [0.717, 1.165) is 12.8 Å². The van der Waals surface area contributed by atoms with E-state index in [0.29, 0.717) is 10.6 Å². The number of hydrogen-bond acceptors (Lipinski definition) is 6. The van der Waals surface area contributed by atoms with Crippen molar-refractivity contribution in [1.29, 1.82) is 0 Å². The Hall–Kier alpha value is -3.46. The maximum Gasteiger partial charge on any atom is 0.330 e. The summed E-state index contributed by atoms with van der Waals surface area (Å²) >= 11 is 5.93. The SMILES string of the molecule is COC(=O)CC(NC(=O)c1cnc2c(c1)c(=O)[nH]c(=O)n2C1CC1)c1ccc(Cl)cc1. The van der Waals surface area contributed by atoms with Crippen LogP contribution in [0.1, 0.15) is 47.3 Å². The fourth-order valence-corrected chi connectivity index (χ4v) is 3.50. The molecule has 0 saturated heterocycles. The third-order valence-electron chi connectivity index (χ3n) is 5.13. The zero-order valence-electron chi connectivity index (χ0n) is 16.6. The number of hydrogen-bond donors (Lipinski definition) is 2. The summed E-state index contributed by atoms with van der Waals surface area (Å²) in [6.45, 7) is 0. The number of nitrogens with zero attached hydrogens (tertiary/aromatic N) is 2. The molecule has 10 heteroatoms. The van der Waals surface area contributed by atoms with Crippen molar-refractivity contribution >= 4 is 34.5 Å². The van der Waals surface area contributed by atoms with E-state index in [9.17, 15) is 19.2 Å². The normalized spacial score (nSPS) is 14.3. The number of carbonyl (C=O) groups excluding carboxylic acids is 2. The van der Waals surface area contributed by atoms with Gasteiger partial charge in [0.1, 0.15) is 5.65 Å². The summed E-state index contributed by atoms with van der Waals surface area (Å²) in [5.41, 5.74) is -0.0785. The first-order valence-electron chi connectivity index (χ1n) is 9.65. The van der Waals surface area contributed by atoms with E-state index in [1.165, 1.54) is 23.9 Å². The smallest absolute Gasteiger partial charge is 0.330 e. The minimum Gasteiger partial charge on any atom is -0.469 e. The van der Waals surface area contributed by atoms with Gasteiger partial charge in [-0.3, -0.25) is 23.9 Å². The average Bonchev–Trinajstić information content (AvgIpc) is 3.58. The average molecular weight is 443 g/mol. The highest BCUT2D eigenvalue weighted by Gasteiger charge is 2.28. The van der Waals surface area contributed by atoms with E-state index in [2.05, 4.69) is 15.3 Å². The monoisotopic (exact) mass is 442 g/mol. The Balaban J connectivity index is 1.67. The lowest BCUT2D eigenvalue weighted by Crippen LogP contribution is -2.32. The van der Waals surface area contributed by atoms with Gasteiger partial charge in [0.05, 0.1) is 30.5 Å². The van der Waals surface area contributed by atoms with Gasteiger partial charge in [-0.25, -0.2) is 9.78 Å². The van der Waals surface area contributed by atoms with E-state index in [1.54, 1.807) is 24.3 Å². The van der Waals surface area contributed by atoms with Gasteiger partial charge in [-0.15, -0.1) is 0 Å². The maximum absolute atomic E-state index is 12.9. The quantitative estimate of drug-likeness (QED) is 0.563. The molecule has 2 N–H and O–H groups in total. The van der Waals surface area contributed by atoms with Crippen LogP contribution in [0.15, 0.2) is 46.1 Å². The fourth-order valence-electron chi connectivity index (χ4n) is 3.37. The lowest BCUT2D eigenvalue weighted by Gasteiger charge is -2.18. The van der Waals surface area contributed by atoms with E-state index >= 15 is 0 Å². The molecule has 4 rings (SSSR count). The van der Waals surface area contributed by atoms with Crippen LogP contribution < -0.4 is 16.6 Å². The Morgan fingerprint density at radius 3 is 2.65 bits per heavy atom. The number of rotatable bonds is 6. The molecule has 0 spiro atoms. The number of H-pyrrole nitrogens is 1. The van der Waals surface area contributed by atoms with Crippen LogP contribution in [0.4, 0.5) is 0 Å². The summed E-state index contributed by atoms with van der Waals surface area (Å²) in [5.74, 6) is -1.02. The van der Waals surface area contributed by atoms with Crippen molar-refractivity contribution in [3.63, 3.8) is 0 Å². The molecule has 1 saturated carbocycles. The van der Waals surface area contributed by atoms with Gasteiger partial charge >= 0.3 is 11.7 Å². The number of amides is 1. The summed E-state index contributed by atoms with van der Waals surface area (Å²) in [6.07, 6.45) is 2.89. The number of aromatic amines is 1.